The lowest BCUT2D eigenvalue weighted by atomic mass is 9.98. The van der Waals surface area contributed by atoms with Gasteiger partial charge in [0.25, 0.3) is 6.43 Å². The molecule has 7 nitrogen and oxygen atoms in total. The first-order valence-corrected chi connectivity index (χ1v) is 10.6. The summed E-state index contributed by atoms with van der Waals surface area (Å²) in [5, 5.41) is 13.3. The van der Waals surface area contributed by atoms with Crippen LogP contribution in [0, 0.1) is 5.92 Å². The number of carboxylic acids is 1. The number of alkyl halides is 2. The molecule has 0 aliphatic heterocycles. The van der Waals surface area contributed by atoms with Crippen LogP contribution < -0.4 is 10.6 Å². The van der Waals surface area contributed by atoms with Crippen molar-refractivity contribution < 1.29 is 33.0 Å². The van der Waals surface area contributed by atoms with Crippen LogP contribution in [0.3, 0.4) is 0 Å². The number of hydrogen-bond donors (Lipinski definition) is 3. The molecular weight excluding hydrogens is 434 g/mol. The number of amides is 2. The number of hydrogen-bond acceptors (Lipinski definition) is 4. The molecule has 0 radical (unpaired) electrons. The summed E-state index contributed by atoms with van der Waals surface area (Å²) in [5.74, 6) is -3.24. The highest BCUT2D eigenvalue weighted by Crippen LogP contribution is 2.44. The molecule has 1 aliphatic carbocycles. The maximum atomic E-state index is 13.0. The molecule has 0 saturated carbocycles. The van der Waals surface area contributed by atoms with E-state index in [0.717, 1.165) is 22.3 Å². The second-order valence-electron chi connectivity index (χ2n) is 8.09. The lowest BCUT2D eigenvalue weighted by molar-refractivity contribution is -0.139. The number of carbonyl (C=O) groups excluding carboxylic acids is 2. The number of halogens is 2. The standard InChI is InChI=1S/C24H26F2N2O5/c1-13(23(31)28-20(22(25)26)11-21(29)30)14(2)27-24(32)33-12-19-17-9-5-3-7-15(17)16-8-4-6-10-18(16)19/h3-10,13-14,19-20,22H,11-12H2,1-2H3,(H,27,32)(H,28,31)(H,29,30). The van der Waals surface area contributed by atoms with E-state index in [2.05, 4.69) is 5.32 Å². The predicted molar refractivity (Wildman–Crippen MR) is 117 cm³/mol. The molecule has 9 heteroatoms. The number of benzene rings is 2. The first kappa shape index (κ1) is 24.2. The van der Waals surface area contributed by atoms with Crippen molar-refractivity contribution in [3.05, 3.63) is 59.7 Å². The van der Waals surface area contributed by atoms with Crippen LogP contribution in [0.1, 0.15) is 37.3 Å². The Hall–Kier alpha value is -3.49. The molecule has 0 fully saturated rings. The quantitative estimate of drug-likeness (QED) is 0.528. The first-order valence-electron chi connectivity index (χ1n) is 10.6. The van der Waals surface area contributed by atoms with Gasteiger partial charge in [0.05, 0.1) is 12.3 Å². The Bertz CT molecular complexity index is 984. The zero-order chi connectivity index (χ0) is 24.1. The Morgan fingerprint density at radius 3 is 2.03 bits per heavy atom. The van der Waals surface area contributed by atoms with Gasteiger partial charge >= 0.3 is 12.1 Å². The Labute approximate surface area is 190 Å². The molecule has 3 unspecified atom stereocenters. The summed E-state index contributed by atoms with van der Waals surface area (Å²) in [7, 11) is 0. The van der Waals surface area contributed by atoms with E-state index < -0.39 is 48.8 Å². The molecule has 33 heavy (non-hydrogen) atoms. The van der Waals surface area contributed by atoms with Gasteiger partial charge in [-0.05, 0) is 29.2 Å². The van der Waals surface area contributed by atoms with E-state index in [1.54, 1.807) is 6.92 Å². The van der Waals surface area contributed by atoms with Gasteiger partial charge in [0, 0.05) is 12.0 Å². The summed E-state index contributed by atoms with van der Waals surface area (Å²) < 4.78 is 31.4. The van der Waals surface area contributed by atoms with E-state index in [-0.39, 0.29) is 12.5 Å². The van der Waals surface area contributed by atoms with Crippen LogP contribution in [0.25, 0.3) is 11.1 Å². The zero-order valence-electron chi connectivity index (χ0n) is 18.3. The number of alkyl carbamates (subject to hydrolysis) is 1. The Morgan fingerprint density at radius 2 is 1.52 bits per heavy atom. The first-order chi connectivity index (χ1) is 15.7. The minimum atomic E-state index is -3.03. The number of ether oxygens (including phenoxy) is 1. The second kappa shape index (κ2) is 10.4. The molecule has 0 spiro atoms. The van der Waals surface area contributed by atoms with Gasteiger partial charge in [-0.1, -0.05) is 55.5 Å². The molecule has 0 heterocycles. The Morgan fingerprint density at radius 1 is 0.970 bits per heavy atom. The van der Waals surface area contributed by atoms with Crippen molar-refractivity contribution in [2.24, 2.45) is 5.92 Å². The van der Waals surface area contributed by atoms with Crippen LogP contribution in [0.15, 0.2) is 48.5 Å². The smallest absolute Gasteiger partial charge is 0.407 e. The summed E-state index contributed by atoms with van der Waals surface area (Å²) in [6.07, 6.45) is -4.66. The van der Waals surface area contributed by atoms with Crippen LogP contribution >= 0.6 is 0 Å². The largest absolute Gasteiger partial charge is 0.481 e. The van der Waals surface area contributed by atoms with E-state index >= 15 is 0 Å². The summed E-state index contributed by atoms with van der Waals surface area (Å²) in [5.41, 5.74) is 4.30. The number of aliphatic carboxylic acids is 1. The van der Waals surface area contributed by atoms with Gasteiger partial charge in [-0.2, -0.15) is 0 Å². The molecule has 2 amide bonds. The highest BCUT2D eigenvalue weighted by molar-refractivity contribution is 5.81. The van der Waals surface area contributed by atoms with Crippen molar-refractivity contribution in [3.8, 4) is 11.1 Å². The minimum absolute atomic E-state index is 0.0965. The molecule has 0 bridgehead atoms. The Balaban J connectivity index is 1.56. The van der Waals surface area contributed by atoms with Crippen molar-refractivity contribution in [1.82, 2.24) is 10.6 Å². The number of carboxylic acid groups (broad SMARTS) is 1. The monoisotopic (exact) mass is 460 g/mol. The van der Waals surface area contributed by atoms with Crippen LogP contribution in [0.5, 0.6) is 0 Å². The van der Waals surface area contributed by atoms with E-state index in [9.17, 15) is 23.2 Å². The fourth-order valence-corrected chi connectivity index (χ4v) is 3.88. The van der Waals surface area contributed by atoms with Gasteiger partial charge in [0.15, 0.2) is 0 Å². The average Bonchev–Trinajstić information content (AvgIpc) is 3.10. The molecule has 0 saturated heterocycles. The van der Waals surface area contributed by atoms with Crippen molar-refractivity contribution >= 4 is 18.0 Å². The van der Waals surface area contributed by atoms with Crippen molar-refractivity contribution in [1.29, 1.82) is 0 Å². The highest BCUT2D eigenvalue weighted by Gasteiger charge is 2.31. The SMILES string of the molecule is CC(NC(=O)OCC1c2ccccc2-c2ccccc21)C(C)C(=O)NC(CC(=O)O)C(F)F. The highest BCUT2D eigenvalue weighted by atomic mass is 19.3. The molecule has 3 rings (SSSR count). The normalized spacial score (nSPS) is 15.2. The van der Waals surface area contributed by atoms with Gasteiger partial charge in [0.2, 0.25) is 5.91 Å². The van der Waals surface area contributed by atoms with E-state index in [4.69, 9.17) is 9.84 Å². The topological polar surface area (TPSA) is 105 Å². The van der Waals surface area contributed by atoms with Crippen LogP contribution in [-0.4, -0.2) is 48.2 Å². The van der Waals surface area contributed by atoms with Crippen molar-refractivity contribution in [2.75, 3.05) is 6.61 Å². The van der Waals surface area contributed by atoms with E-state index in [1.165, 1.54) is 6.92 Å². The van der Waals surface area contributed by atoms with Gasteiger partial charge < -0.3 is 20.5 Å². The summed E-state index contributed by atoms with van der Waals surface area (Å²) >= 11 is 0. The predicted octanol–water partition coefficient (Wildman–Crippen LogP) is 3.77. The van der Waals surface area contributed by atoms with Gasteiger partial charge in [-0.25, -0.2) is 13.6 Å². The van der Waals surface area contributed by atoms with Gasteiger partial charge in [0.1, 0.15) is 12.6 Å². The third-order valence-electron chi connectivity index (χ3n) is 5.88. The summed E-state index contributed by atoms with van der Waals surface area (Å²) in [6, 6.07) is 13.3. The molecule has 0 aromatic heterocycles. The molecule has 176 valence electrons. The van der Waals surface area contributed by atoms with E-state index in [1.807, 2.05) is 53.8 Å². The van der Waals surface area contributed by atoms with Crippen LogP contribution in [-0.2, 0) is 14.3 Å². The number of nitrogens with one attached hydrogen (secondary N) is 2. The zero-order valence-corrected chi connectivity index (χ0v) is 18.3. The fraction of sp³-hybridized carbons (Fsp3) is 0.375. The minimum Gasteiger partial charge on any atom is -0.481 e. The molecule has 1 aliphatic rings. The summed E-state index contributed by atoms with van der Waals surface area (Å²) in [6.45, 7) is 3.09. The Kier molecular flexibility index (Phi) is 7.63. The number of carbonyl (C=O) groups is 3. The van der Waals surface area contributed by atoms with Gasteiger partial charge in [-0.15, -0.1) is 0 Å². The number of fused-ring (bicyclic) bond motifs is 3. The average molecular weight is 460 g/mol. The molecule has 3 atom stereocenters. The number of rotatable bonds is 9. The van der Waals surface area contributed by atoms with Crippen molar-refractivity contribution in [3.63, 3.8) is 0 Å². The van der Waals surface area contributed by atoms with Crippen LogP contribution in [0.4, 0.5) is 13.6 Å². The third-order valence-corrected chi connectivity index (χ3v) is 5.88. The maximum absolute atomic E-state index is 13.0. The lowest BCUT2D eigenvalue weighted by Gasteiger charge is -2.24. The van der Waals surface area contributed by atoms with E-state index in [0.29, 0.717) is 0 Å². The summed E-state index contributed by atoms with van der Waals surface area (Å²) in [4.78, 5) is 35.4. The third kappa shape index (κ3) is 5.66. The molecule has 3 N–H and O–H groups in total. The maximum Gasteiger partial charge on any atom is 0.407 e. The van der Waals surface area contributed by atoms with Crippen LogP contribution in [0.2, 0.25) is 0 Å². The molecular formula is C24H26F2N2O5. The molecule has 2 aromatic rings. The molecule has 2 aromatic carbocycles. The lowest BCUT2D eigenvalue weighted by Crippen LogP contribution is -2.49. The van der Waals surface area contributed by atoms with Crippen molar-refractivity contribution in [2.45, 2.75) is 44.7 Å². The van der Waals surface area contributed by atoms with Gasteiger partial charge in [-0.3, -0.25) is 9.59 Å². The second-order valence-corrected chi connectivity index (χ2v) is 8.09. The fourth-order valence-electron chi connectivity index (χ4n) is 3.88.